The van der Waals surface area contributed by atoms with Crippen LogP contribution < -0.4 is 5.32 Å². The zero-order valence-electron chi connectivity index (χ0n) is 11.8. The first-order chi connectivity index (χ1) is 9.13. The molecule has 4 nitrogen and oxygen atoms in total. The lowest BCUT2D eigenvalue weighted by atomic mass is 10.1. The van der Waals surface area contributed by atoms with E-state index in [1.54, 1.807) is 0 Å². The molecule has 0 aliphatic heterocycles. The third-order valence-electron chi connectivity index (χ3n) is 3.70. The molecule has 102 valence electrons. The van der Waals surface area contributed by atoms with Crippen LogP contribution in [0.25, 0.3) is 11.1 Å². The zero-order valence-corrected chi connectivity index (χ0v) is 11.8. The van der Waals surface area contributed by atoms with Crippen molar-refractivity contribution in [1.29, 1.82) is 0 Å². The molecule has 1 atom stereocenters. The van der Waals surface area contributed by atoms with E-state index in [-0.39, 0.29) is 0 Å². The second-order valence-corrected chi connectivity index (χ2v) is 5.62. The number of aryl methyl sites for hydroxylation is 1. The molecule has 19 heavy (non-hydrogen) atoms. The van der Waals surface area contributed by atoms with Crippen LogP contribution in [0.1, 0.15) is 30.3 Å². The zero-order chi connectivity index (χ0) is 13.4. The van der Waals surface area contributed by atoms with Crippen molar-refractivity contribution >= 4 is 11.1 Å². The number of nitrogens with one attached hydrogen (secondary N) is 1. The second-order valence-electron chi connectivity index (χ2n) is 5.62. The summed E-state index contributed by atoms with van der Waals surface area (Å²) in [5.74, 6) is 0.727. The smallest absolute Gasteiger partial charge is 0.192 e. The van der Waals surface area contributed by atoms with Crippen molar-refractivity contribution in [3.05, 3.63) is 29.7 Å². The van der Waals surface area contributed by atoms with Gasteiger partial charge >= 0.3 is 0 Å². The van der Waals surface area contributed by atoms with E-state index in [0.29, 0.717) is 6.04 Å². The van der Waals surface area contributed by atoms with Gasteiger partial charge < -0.3 is 14.6 Å². The molecule has 2 aromatic rings. The van der Waals surface area contributed by atoms with E-state index in [4.69, 9.17) is 4.42 Å². The first-order valence-electron chi connectivity index (χ1n) is 6.90. The predicted octanol–water partition coefficient (Wildman–Crippen LogP) is 2.49. The Morgan fingerprint density at radius 1 is 1.42 bits per heavy atom. The Hall–Kier alpha value is -1.39. The maximum Gasteiger partial charge on any atom is 0.192 e. The van der Waals surface area contributed by atoms with E-state index in [9.17, 15) is 0 Å². The highest BCUT2D eigenvalue weighted by Gasteiger charge is 2.23. The SMILES string of the molecule is Cc1nc2cc(C(CNC3CC3)N(C)C)ccc2o1. The monoisotopic (exact) mass is 259 g/mol. The Morgan fingerprint density at radius 3 is 2.89 bits per heavy atom. The summed E-state index contributed by atoms with van der Waals surface area (Å²) in [6.07, 6.45) is 2.64. The van der Waals surface area contributed by atoms with Crippen LogP contribution in [0.5, 0.6) is 0 Å². The fourth-order valence-electron chi connectivity index (χ4n) is 2.43. The number of rotatable bonds is 5. The molecule has 0 spiro atoms. The summed E-state index contributed by atoms with van der Waals surface area (Å²) in [6, 6.07) is 7.43. The van der Waals surface area contributed by atoms with Crippen molar-refractivity contribution in [2.75, 3.05) is 20.6 Å². The van der Waals surface area contributed by atoms with Gasteiger partial charge in [0.1, 0.15) is 5.52 Å². The molecular weight excluding hydrogens is 238 g/mol. The van der Waals surface area contributed by atoms with Gasteiger partial charge in [-0.25, -0.2) is 4.98 Å². The van der Waals surface area contributed by atoms with Gasteiger partial charge in [-0.05, 0) is 44.6 Å². The molecule has 1 aliphatic rings. The van der Waals surface area contributed by atoms with Gasteiger partial charge in [-0.2, -0.15) is 0 Å². The lowest BCUT2D eigenvalue weighted by molar-refractivity contribution is 0.288. The fourth-order valence-corrected chi connectivity index (χ4v) is 2.43. The van der Waals surface area contributed by atoms with Gasteiger partial charge in [0.25, 0.3) is 0 Å². The molecular formula is C15H21N3O. The number of likely N-dealkylation sites (N-methyl/N-ethyl adjacent to an activating group) is 1. The summed E-state index contributed by atoms with van der Waals surface area (Å²) in [5, 5.41) is 3.60. The third-order valence-corrected chi connectivity index (χ3v) is 3.70. The van der Waals surface area contributed by atoms with Gasteiger partial charge in [-0.15, -0.1) is 0 Å². The van der Waals surface area contributed by atoms with Crippen LogP contribution in [0, 0.1) is 6.92 Å². The summed E-state index contributed by atoms with van der Waals surface area (Å²) in [6.45, 7) is 2.87. The Kier molecular flexibility index (Phi) is 3.29. The maximum absolute atomic E-state index is 5.53. The summed E-state index contributed by atoms with van der Waals surface area (Å²) in [5.41, 5.74) is 3.11. The Balaban J connectivity index is 1.84. The minimum Gasteiger partial charge on any atom is -0.441 e. The van der Waals surface area contributed by atoms with Gasteiger partial charge in [0.15, 0.2) is 11.5 Å². The molecule has 0 bridgehead atoms. The van der Waals surface area contributed by atoms with Crippen LogP contribution in [0.4, 0.5) is 0 Å². The van der Waals surface area contributed by atoms with Crippen LogP contribution >= 0.6 is 0 Å². The van der Waals surface area contributed by atoms with E-state index in [1.165, 1.54) is 18.4 Å². The molecule has 0 radical (unpaired) electrons. The molecule has 4 heteroatoms. The highest BCUT2D eigenvalue weighted by Crippen LogP contribution is 2.25. The van der Waals surface area contributed by atoms with E-state index in [0.717, 1.165) is 29.6 Å². The van der Waals surface area contributed by atoms with Crippen molar-refractivity contribution in [2.45, 2.75) is 31.8 Å². The Labute approximate surface area is 113 Å². The lowest BCUT2D eigenvalue weighted by Gasteiger charge is -2.25. The number of benzene rings is 1. The normalized spacial score (nSPS) is 17.3. The average Bonchev–Trinajstić information content (AvgIpc) is 3.09. The summed E-state index contributed by atoms with van der Waals surface area (Å²) >= 11 is 0. The molecule has 1 aliphatic carbocycles. The molecule has 1 unspecified atom stereocenters. The Bertz CT molecular complexity index is 572. The molecule has 1 N–H and O–H groups in total. The predicted molar refractivity (Wildman–Crippen MR) is 76.2 cm³/mol. The van der Waals surface area contributed by atoms with Crippen LogP contribution in [-0.2, 0) is 0 Å². The quantitative estimate of drug-likeness (QED) is 0.895. The summed E-state index contributed by atoms with van der Waals surface area (Å²) in [7, 11) is 4.25. The minimum absolute atomic E-state index is 0.377. The first-order valence-corrected chi connectivity index (χ1v) is 6.90. The summed E-state index contributed by atoms with van der Waals surface area (Å²) in [4.78, 5) is 6.67. The molecule has 1 aromatic carbocycles. The van der Waals surface area contributed by atoms with Gasteiger partial charge in [-0.1, -0.05) is 6.07 Å². The molecule has 1 fully saturated rings. The lowest BCUT2D eigenvalue weighted by Crippen LogP contribution is -2.32. The van der Waals surface area contributed by atoms with Crippen molar-refractivity contribution in [1.82, 2.24) is 15.2 Å². The van der Waals surface area contributed by atoms with Crippen LogP contribution in [0.2, 0.25) is 0 Å². The fraction of sp³-hybridized carbons (Fsp3) is 0.533. The third kappa shape index (κ3) is 2.80. The van der Waals surface area contributed by atoms with E-state index in [1.807, 2.05) is 13.0 Å². The van der Waals surface area contributed by atoms with Gasteiger partial charge in [0.05, 0.1) is 0 Å². The van der Waals surface area contributed by atoms with Gasteiger partial charge in [-0.3, -0.25) is 0 Å². The minimum atomic E-state index is 0.377. The van der Waals surface area contributed by atoms with E-state index >= 15 is 0 Å². The van der Waals surface area contributed by atoms with E-state index < -0.39 is 0 Å². The number of hydrogen-bond donors (Lipinski definition) is 1. The van der Waals surface area contributed by atoms with Crippen molar-refractivity contribution in [2.24, 2.45) is 0 Å². The van der Waals surface area contributed by atoms with Crippen LogP contribution in [0.15, 0.2) is 22.6 Å². The van der Waals surface area contributed by atoms with Crippen LogP contribution in [-0.4, -0.2) is 36.6 Å². The number of aromatic nitrogens is 1. The van der Waals surface area contributed by atoms with Crippen molar-refractivity contribution < 1.29 is 4.42 Å². The second kappa shape index (κ2) is 4.94. The number of hydrogen-bond acceptors (Lipinski definition) is 4. The highest BCUT2D eigenvalue weighted by molar-refractivity contribution is 5.73. The highest BCUT2D eigenvalue weighted by atomic mass is 16.3. The molecule has 0 amide bonds. The van der Waals surface area contributed by atoms with Crippen molar-refractivity contribution in [3.8, 4) is 0 Å². The van der Waals surface area contributed by atoms with Gasteiger partial charge in [0, 0.05) is 25.6 Å². The molecule has 1 aromatic heterocycles. The average molecular weight is 259 g/mol. The number of fused-ring (bicyclic) bond motifs is 1. The largest absolute Gasteiger partial charge is 0.441 e. The van der Waals surface area contributed by atoms with E-state index in [2.05, 4.69) is 41.4 Å². The Morgan fingerprint density at radius 2 is 2.21 bits per heavy atom. The molecule has 1 heterocycles. The topological polar surface area (TPSA) is 41.3 Å². The molecule has 0 saturated heterocycles. The number of oxazole rings is 1. The standard InChI is InChI=1S/C15H21N3O/c1-10-17-13-8-11(4-7-15(13)19-10)14(18(2)3)9-16-12-5-6-12/h4,7-8,12,14,16H,5-6,9H2,1-3H3. The van der Waals surface area contributed by atoms with Crippen molar-refractivity contribution in [3.63, 3.8) is 0 Å². The van der Waals surface area contributed by atoms with Gasteiger partial charge in [0.2, 0.25) is 0 Å². The maximum atomic E-state index is 5.53. The summed E-state index contributed by atoms with van der Waals surface area (Å²) < 4.78 is 5.53. The van der Waals surface area contributed by atoms with Crippen LogP contribution in [0.3, 0.4) is 0 Å². The first kappa shape index (κ1) is 12.6. The number of nitrogens with zero attached hydrogens (tertiary/aromatic N) is 2. The molecule has 1 saturated carbocycles. The molecule has 3 rings (SSSR count).